The molecule has 6 nitrogen and oxygen atoms in total. The highest BCUT2D eigenvalue weighted by Crippen LogP contribution is 2.11. The maximum absolute atomic E-state index is 11.9. The summed E-state index contributed by atoms with van der Waals surface area (Å²) in [5, 5.41) is 2.17. The van der Waals surface area contributed by atoms with Crippen molar-refractivity contribution in [3.8, 4) is 5.75 Å². The molecule has 0 atom stereocenters. The Morgan fingerprint density at radius 2 is 1.64 bits per heavy atom. The molecule has 0 radical (unpaired) electrons. The summed E-state index contributed by atoms with van der Waals surface area (Å²) in [7, 11) is 1.52. The second-order valence-electron chi connectivity index (χ2n) is 5.25. The number of amides is 2. The lowest BCUT2D eigenvalue weighted by Crippen LogP contribution is -2.34. The van der Waals surface area contributed by atoms with Gasteiger partial charge in [-0.15, -0.1) is 0 Å². The summed E-state index contributed by atoms with van der Waals surface area (Å²) < 4.78 is 9.87. The predicted octanol–water partition coefficient (Wildman–Crippen LogP) is 2.13. The molecular formula is C19H19NO5. The molecule has 0 aliphatic carbocycles. The highest BCUT2D eigenvalue weighted by molar-refractivity contribution is 6.05. The van der Waals surface area contributed by atoms with Crippen molar-refractivity contribution in [2.45, 2.75) is 12.8 Å². The van der Waals surface area contributed by atoms with Crippen molar-refractivity contribution < 1.29 is 23.9 Å². The van der Waals surface area contributed by atoms with E-state index in [0.29, 0.717) is 17.7 Å². The average Bonchev–Trinajstić information content (AvgIpc) is 2.65. The predicted molar refractivity (Wildman–Crippen MR) is 91.2 cm³/mol. The Morgan fingerprint density at radius 3 is 2.28 bits per heavy atom. The van der Waals surface area contributed by atoms with Gasteiger partial charge in [0.1, 0.15) is 5.75 Å². The van der Waals surface area contributed by atoms with Gasteiger partial charge in [0.25, 0.3) is 11.8 Å². The van der Waals surface area contributed by atoms with Gasteiger partial charge in [-0.3, -0.25) is 19.7 Å². The van der Waals surface area contributed by atoms with Crippen LogP contribution in [-0.4, -0.2) is 31.5 Å². The number of rotatable bonds is 7. The molecule has 0 aliphatic rings. The summed E-state index contributed by atoms with van der Waals surface area (Å²) >= 11 is 0. The van der Waals surface area contributed by atoms with Gasteiger partial charge in [0.2, 0.25) is 0 Å². The number of carbonyl (C=O) groups excluding carboxylic acids is 3. The Balaban J connectivity index is 1.72. The number of esters is 1. The van der Waals surface area contributed by atoms with Gasteiger partial charge in [-0.05, 0) is 36.2 Å². The highest BCUT2D eigenvalue weighted by atomic mass is 16.5. The number of imide groups is 1. The minimum Gasteiger partial charge on any atom is -0.497 e. The summed E-state index contributed by atoms with van der Waals surface area (Å²) in [4.78, 5) is 35.2. The first-order valence-electron chi connectivity index (χ1n) is 7.76. The van der Waals surface area contributed by atoms with Crippen molar-refractivity contribution >= 4 is 17.8 Å². The molecule has 2 aromatic rings. The van der Waals surface area contributed by atoms with Crippen LogP contribution in [0.5, 0.6) is 5.75 Å². The van der Waals surface area contributed by atoms with Gasteiger partial charge in [-0.2, -0.15) is 0 Å². The second kappa shape index (κ2) is 9.22. The van der Waals surface area contributed by atoms with Crippen LogP contribution in [0.15, 0.2) is 54.6 Å². The van der Waals surface area contributed by atoms with E-state index in [1.165, 1.54) is 19.2 Å². The van der Waals surface area contributed by atoms with E-state index >= 15 is 0 Å². The molecule has 0 bridgehead atoms. The summed E-state index contributed by atoms with van der Waals surface area (Å²) in [5.41, 5.74) is 1.32. The topological polar surface area (TPSA) is 81.7 Å². The largest absolute Gasteiger partial charge is 0.497 e. The van der Waals surface area contributed by atoms with Crippen molar-refractivity contribution in [1.29, 1.82) is 0 Å². The lowest BCUT2D eigenvalue weighted by Gasteiger charge is -2.06. The van der Waals surface area contributed by atoms with E-state index in [1.807, 2.05) is 30.3 Å². The lowest BCUT2D eigenvalue weighted by atomic mass is 10.1. The third-order valence-corrected chi connectivity index (χ3v) is 3.43. The van der Waals surface area contributed by atoms with E-state index in [-0.39, 0.29) is 6.42 Å². The number of nitrogens with one attached hydrogen (secondary N) is 1. The van der Waals surface area contributed by atoms with Crippen molar-refractivity contribution in [1.82, 2.24) is 5.32 Å². The van der Waals surface area contributed by atoms with Crippen molar-refractivity contribution in [2.75, 3.05) is 13.7 Å². The van der Waals surface area contributed by atoms with E-state index < -0.39 is 24.4 Å². The molecule has 130 valence electrons. The first-order chi connectivity index (χ1) is 12.1. The number of carbonyl (C=O) groups is 3. The first kappa shape index (κ1) is 18.2. The zero-order valence-electron chi connectivity index (χ0n) is 13.9. The molecule has 2 aromatic carbocycles. The van der Waals surface area contributed by atoms with E-state index in [2.05, 4.69) is 5.32 Å². The summed E-state index contributed by atoms with van der Waals surface area (Å²) in [6.45, 7) is -0.491. The Bertz CT molecular complexity index is 725. The molecule has 1 N–H and O–H groups in total. The normalized spacial score (nSPS) is 9.96. The van der Waals surface area contributed by atoms with Crippen molar-refractivity contribution in [3.05, 3.63) is 65.7 Å². The molecule has 0 saturated heterocycles. The molecule has 0 aliphatic heterocycles. The molecular weight excluding hydrogens is 322 g/mol. The maximum Gasteiger partial charge on any atom is 0.306 e. The molecule has 2 amide bonds. The Kier molecular flexibility index (Phi) is 6.71. The van der Waals surface area contributed by atoms with E-state index in [1.54, 1.807) is 12.1 Å². The second-order valence-corrected chi connectivity index (χ2v) is 5.25. The molecule has 6 heteroatoms. The number of aryl methyl sites for hydroxylation is 1. The van der Waals surface area contributed by atoms with Crippen molar-refractivity contribution in [2.24, 2.45) is 0 Å². The van der Waals surface area contributed by atoms with Gasteiger partial charge >= 0.3 is 5.97 Å². The third-order valence-electron chi connectivity index (χ3n) is 3.43. The van der Waals surface area contributed by atoms with E-state index in [9.17, 15) is 14.4 Å². The molecule has 0 spiro atoms. The van der Waals surface area contributed by atoms with Crippen molar-refractivity contribution in [3.63, 3.8) is 0 Å². The number of hydrogen-bond donors (Lipinski definition) is 1. The average molecular weight is 341 g/mol. The molecule has 0 fully saturated rings. The molecule has 0 aromatic heterocycles. The van der Waals surface area contributed by atoms with E-state index in [0.717, 1.165) is 5.56 Å². The quantitative estimate of drug-likeness (QED) is 0.780. The van der Waals surface area contributed by atoms with Crippen LogP contribution in [0.3, 0.4) is 0 Å². The van der Waals surface area contributed by atoms with Crippen LogP contribution in [0.25, 0.3) is 0 Å². The smallest absolute Gasteiger partial charge is 0.306 e. The minimum atomic E-state index is -0.672. The van der Waals surface area contributed by atoms with Gasteiger partial charge in [-0.1, -0.05) is 30.3 Å². The lowest BCUT2D eigenvalue weighted by molar-refractivity contribution is -0.148. The Hall–Kier alpha value is -3.15. The maximum atomic E-state index is 11.9. The van der Waals surface area contributed by atoms with Crippen LogP contribution in [0.4, 0.5) is 0 Å². The summed E-state index contributed by atoms with van der Waals surface area (Å²) in [6.07, 6.45) is 0.704. The van der Waals surface area contributed by atoms with E-state index in [4.69, 9.17) is 9.47 Å². The Morgan fingerprint density at radius 1 is 0.960 bits per heavy atom. The number of methoxy groups -OCH3 is 1. The number of ether oxygens (including phenoxy) is 2. The van der Waals surface area contributed by atoms with Crippen LogP contribution in [-0.2, 0) is 20.7 Å². The number of benzene rings is 2. The highest BCUT2D eigenvalue weighted by Gasteiger charge is 2.12. The molecule has 25 heavy (non-hydrogen) atoms. The molecule has 0 heterocycles. The molecule has 0 saturated carbocycles. The van der Waals surface area contributed by atoms with Gasteiger partial charge in [0.15, 0.2) is 6.61 Å². The summed E-state index contributed by atoms with van der Waals surface area (Å²) in [5.74, 6) is -1.12. The fourth-order valence-electron chi connectivity index (χ4n) is 2.09. The zero-order chi connectivity index (χ0) is 18.1. The fourth-order valence-corrected chi connectivity index (χ4v) is 2.09. The van der Waals surface area contributed by atoms with Crippen LogP contribution in [0.2, 0.25) is 0 Å². The van der Waals surface area contributed by atoms with Crippen LogP contribution in [0.1, 0.15) is 22.3 Å². The summed E-state index contributed by atoms with van der Waals surface area (Å²) in [6, 6.07) is 15.8. The SMILES string of the molecule is COc1ccc(C(=O)NC(=O)COC(=O)CCc2ccccc2)cc1. The third kappa shape index (κ3) is 6.10. The van der Waals surface area contributed by atoms with Crippen LogP contribution in [0, 0.1) is 0 Å². The standard InChI is InChI=1S/C19H19NO5/c1-24-16-10-8-15(9-11-16)19(23)20-17(21)13-25-18(22)12-7-14-5-3-2-4-6-14/h2-6,8-11H,7,12-13H2,1H3,(H,20,21,23). The molecule has 0 unspecified atom stereocenters. The number of hydrogen-bond acceptors (Lipinski definition) is 5. The zero-order valence-corrected chi connectivity index (χ0v) is 13.9. The molecule has 2 rings (SSSR count). The first-order valence-corrected chi connectivity index (χ1v) is 7.76. The Labute approximate surface area is 145 Å². The van der Waals surface area contributed by atoms with Crippen LogP contribution < -0.4 is 10.1 Å². The van der Waals surface area contributed by atoms with Gasteiger partial charge in [0.05, 0.1) is 7.11 Å². The minimum absolute atomic E-state index is 0.170. The van der Waals surface area contributed by atoms with Crippen LogP contribution >= 0.6 is 0 Å². The van der Waals surface area contributed by atoms with Gasteiger partial charge < -0.3 is 9.47 Å². The van der Waals surface area contributed by atoms with Gasteiger partial charge in [-0.25, -0.2) is 0 Å². The monoisotopic (exact) mass is 341 g/mol. The van der Waals surface area contributed by atoms with Gasteiger partial charge in [0, 0.05) is 12.0 Å². The fraction of sp³-hybridized carbons (Fsp3) is 0.211.